The number of rotatable bonds is 3. The lowest BCUT2D eigenvalue weighted by Gasteiger charge is -2.31. The van der Waals surface area contributed by atoms with E-state index in [-0.39, 0.29) is 0 Å². The topological polar surface area (TPSA) is 102 Å². The first-order valence-corrected chi connectivity index (χ1v) is 7.86. The smallest absolute Gasteiger partial charge is 0.183 e. The summed E-state index contributed by atoms with van der Waals surface area (Å²) in [7, 11) is 1.98. The molecule has 0 aromatic carbocycles. The van der Waals surface area contributed by atoms with Crippen molar-refractivity contribution in [3.8, 4) is 0 Å². The third-order valence-corrected chi connectivity index (χ3v) is 4.59. The summed E-state index contributed by atoms with van der Waals surface area (Å²) >= 11 is 0. The van der Waals surface area contributed by atoms with Crippen molar-refractivity contribution in [3.63, 3.8) is 0 Å². The van der Waals surface area contributed by atoms with Crippen molar-refractivity contribution in [2.75, 3.05) is 18.8 Å². The maximum Gasteiger partial charge on any atom is 0.183 e. The number of nitrogens with zero attached hydrogens (tertiary/aromatic N) is 6. The second kappa shape index (κ2) is 5.62. The maximum absolute atomic E-state index is 6.00. The molecule has 23 heavy (non-hydrogen) atoms. The molecule has 0 atom stereocenters. The lowest BCUT2D eigenvalue weighted by atomic mass is 9.96. The largest absolute Gasteiger partial charge is 0.382 e. The Morgan fingerprint density at radius 1 is 1.30 bits per heavy atom. The summed E-state index contributed by atoms with van der Waals surface area (Å²) in [6.45, 7) is 2.99. The third-order valence-electron chi connectivity index (χ3n) is 4.59. The molecule has 0 bridgehead atoms. The Kier molecular flexibility index (Phi) is 3.45. The quantitative estimate of drug-likeness (QED) is 0.749. The van der Waals surface area contributed by atoms with Crippen LogP contribution in [0.25, 0.3) is 11.2 Å². The van der Waals surface area contributed by atoms with Gasteiger partial charge in [-0.05, 0) is 32.0 Å². The predicted molar refractivity (Wildman–Crippen MR) is 86.6 cm³/mol. The molecular weight excluding hydrogens is 292 g/mol. The average molecular weight is 312 g/mol. The molecule has 120 valence electrons. The van der Waals surface area contributed by atoms with Crippen molar-refractivity contribution in [3.05, 3.63) is 30.1 Å². The molecule has 3 aromatic rings. The molecule has 1 aliphatic rings. The zero-order valence-corrected chi connectivity index (χ0v) is 13.1. The Balaban J connectivity index is 1.45. The van der Waals surface area contributed by atoms with Crippen LogP contribution in [-0.4, -0.2) is 47.7 Å². The van der Waals surface area contributed by atoms with Gasteiger partial charge in [0.1, 0.15) is 11.3 Å². The molecule has 3 aromatic heterocycles. The van der Waals surface area contributed by atoms with E-state index in [0.29, 0.717) is 17.4 Å². The molecule has 1 fully saturated rings. The minimum absolute atomic E-state index is 0.348. The number of hydrogen-bond acceptors (Lipinski definition) is 6. The first kappa shape index (κ1) is 14.1. The lowest BCUT2D eigenvalue weighted by Crippen LogP contribution is -2.33. The summed E-state index contributed by atoms with van der Waals surface area (Å²) in [5, 5.41) is 4.22. The molecule has 0 aliphatic carbocycles. The van der Waals surface area contributed by atoms with E-state index in [1.807, 2.05) is 17.9 Å². The Hall–Kier alpha value is -2.48. The summed E-state index contributed by atoms with van der Waals surface area (Å²) < 4.78 is 1.93. The highest BCUT2D eigenvalue weighted by Crippen LogP contribution is 2.28. The van der Waals surface area contributed by atoms with Crippen molar-refractivity contribution in [2.45, 2.75) is 25.3 Å². The van der Waals surface area contributed by atoms with E-state index in [2.05, 4.69) is 36.0 Å². The molecule has 8 nitrogen and oxygen atoms in total. The van der Waals surface area contributed by atoms with Crippen LogP contribution in [0, 0.1) is 0 Å². The van der Waals surface area contributed by atoms with Crippen LogP contribution in [0.15, 0.2) is 18.6 Å². The zero-order chi connectivity index (χ0) is 15.8. The number of fused-ring (bicyclic) bond motifs is 1. The number of aromatic nitrogens is 6. The van der Waals surface area contributed by atoms with E-state index < -0.39 is 0 Å². The van der Waals surface area contributed by atoms with Crippen LogP contribution >= 0.6 is 0 Å². The van der Waals surface area contributed by atoms with Gasteiger partial charge in [0.2, 0.25) is 0 Å². The molecule has 0 amide bonds. The van der Waals surface area contributed by atoms with Crippen LogP contribution in [0.2, 0.25) is 0 Å². The minimum Gasteiger partial charge on any atom is -0.382 e. The first-order valence-electron chi connectivity index (χ1n) is 7.86. The molecule has 4 heterocycles. The van der Waals surface area contributed by atoms with Crippen molar-refractivity contribution in [2.24, 2.45) is 7.05 Å². The highest BCUT2D eigenvalue weighted by molar-refractivity contribution is 5.80. The predicted octanol–water partition coefficient (Wildman–Crippen LogP) is 1.05. The molecule has 8 heteroatoms. The number of piperidine rings is 1. The van der Waals surface area contributed by atoms with Gasteiger partial charge in [-0.2, -0.15) is 5.10 Å². The number of anilines is 1. The number of nitrogen functional groups attached to an aromatic ring is 1. The van der Waals surface area contributed by atoms with Crippen LogP contribution in [-0.2, 0) is 13.6 Å². The Labute approximate surface area is 133 Å². The Morgan fingerprint density at radius 2 is 2.13 bits per heavy atom. The van der Waals surface area contributed by atoms with E-state index in [4.69, 9.17) is 5.73 Å². The fourth-order valence-electron chi connectivity index (χ4n) is 3.19. The fraction of sp³-hybridized carbons (Fsp3) is 0.467. The highest BCUT2D eigenvalue weighted by Gasteiger charge is 2.24. The first-order chi connectivity index (χ1) is 11.2. The second-order valence-electron chi connectivity index (χ2n) is 6.06. The van der Waals surface area contributed by atoms with Gasteiger partial charge in [0.25, 0.3) is 0 Å². The van der Waals surface area contributed by atoms with E-state index in [9.17, 15) is 0 Å². The zero-order valence-electron chi connectivity index (χ0n) is 13.1. The number of aryl methyl sites for hydroxylation is 1. The number of likely N-dealkylation sites (tertiary alicyclic amines) is 1. The van der Waals surface area contributed by atoms with Gasteiger partial charge in [-0.3, -0.25) is 9.58 Å². The SMILES string of the molecule is Cn1nccc1CN1CCC(c2nc(N)c3[nH]cnc3n2)CC1. The van der Waals surface area contributed by atoms with E-state index >= 15 is 0 Å². The number of nitrogens with one attached hydrogen (secondary N) is 1. The number of hydrogen-bond donors (Lipinski definition) is 2. The number of nitrogens with two attached hydrogens (primary N) is 1. The summed E-state index contributed by atoms with van der Waals surface area (Å²) in [5.74, 6) is 1.66. The van der Waals surface area contributed by atoms with Crippen LogP contribution in [0.1, 0.15) is 30.3 Å². The van der Waals surface area contributed by atoms with Crippen molar-refractivity contribution in [1.82, 2.24) is 34.6 Å². The molecular formula is C15H20N8. The van der Waals surface area contributed by atoms with Crippen LogP contribution in [0.5, 0.6) is 0 Å². The third kappa shape index (κ3) is 2.65. The fourth-order valence-corrected chi connectivity index (χ4v) is 3.19. The number of imidazole rings is 1. The van der Waals surface area contributed by atoms with E-state index in [1.165, 1.54) is 5.69 Å². The van der Waals surface area contributed by atoms with Gasteiger partial charge in [0.05, 0.1) is 12.0 Å². The molecule has 1 saturated heterocycles. The summed E-state index contributed by atoms with van der Waals surface area (Å²) in [6, 6.07) is 2.07. The van der Waals surface area contributed by atoms with Gasteiger partial charge in [0.15, 0.2) is 11.5 Å². The van der Waals surface area contributed by atoms with E-state index in [0.717, 1.165) is 43.8 Å². The molecule has 1 aliphatic heterocycles. The Bertz CT molecular complexity index is 812. The minimum atomic E-state index is 0.348. The van der Waals surface area contributed by atoms with Gasteiger partial charge >= 0.3 is 0 Å². The molecule has 0 spiro atoms. The molecule has 0 saturated carbocycles. The van der Waals surface area contributed by atoms with E-state index in [1.54, 1.807) is 6.33 Å². The molecule has 0 radical (unpaired) electrons. The number of aromatic amines is 1. The average Bonchev–Trinajstić information content (AvgIpc) is 3.18. The van der Waals surface area contributed by atoms with Crippen molar-refractivity contribution < 1.29 is 0 Å². The monoisotopic (exact) mass is 312 g/mol. The van der Waals surface area contributed by atoms with Gasteiger partial charge < -0.3 is 10.7 Å². The molecule has 4 rings (SSSR count). The summed E-state index contributed by atoms with van der Waals surface area (Å²) in [4.78, 5) is 18.7. The second-order valence-corrected chi connectivity index (χ2v) is 6.06. The normalized spacial score (nSPS) is 17.1. The van der Waals surface area contributed by atoms with Gasteiger partial charge in [-0.15, -0.1) is 0 Å². The van der Waals surface area contributed by atoms with Crippen LogP contribution in [0.3, 0.4) is 0 Å². The standard InChI is InChI=1S/C15H20N8/c1-22-11(2-5-19-22)8-23-6-3-10(4-7-23)14-20-13(16)12-15(21-14)18-9-17-12/h2,5,9-10H,3-4,6-8H2,1H3,(H3,16,17,18,20,21). The summed E-state index contributed by atoms with van der Waals surface area (Å²) in [5.41, 5.74) is 8.62. The molecule has 0 unspecified atom stereocenters. The van der Waals surface area contributed by atoms with Gasteiger partial charge in [0, 0.05) is 25.7 Å². The van der Waals surface area contributed by atoms with Crippen molar-refractivity contribution >= 4 is 17.0 Å². The summed E-state index contributed by atoms with van der Waals surface area (Å²) in [6.07, 6.45) is 5.52. The molecule has 3 N–H and O–H groups in total. The van der Waals surface area contributed by atoms with Crippen molar-refractivity contribution in [1.29, 1.82) is 0 Å². The number of H-pyrrole nitrogens is 1. The van der Waals surface area contributed by atoms with Gasteiger partial charge in [-0.25, -0.2) is 15.0 Å². The van der Waals surface area contributed by atoms with Crippen LogP contribution in [0.4, 0.5) is 5.82 Å². The Morgan fingerprint density at radius 3 is 2.87 bits per heavy atom. The van der Waals surface area contributed by atoms with Gasteiger partial charge in [-0.1, -0.05) is 0 Å². The maximum atomic E-state index is 6.00. The van der Waals surface area contributed by atoms with Crippen LogP contribution < -0.4 is 5.73 Å². The lowest BCUT2D eigenvalue weighted by molar-refractivity contribution is 0.197. The highest BCUT2D eigenvalue weighted by atomic mass is 15.3.